The normalized spacial score (nSPS) is 23.4. The molecule has 92 valence electrons. The fraction of sp³-hybridized carbons (Fsp3) is 0.462. The molecule has 1 fully saturated rings. The minimum atomic E-state index is -0.0558. The van der Waals surface area contributed by atoms with Gasteiger partial charge in [0.05, 0.1) is 12.1 Å². The van der Waals surface area contributed by atoms with Gasteiger partial charge in [0.25, 0.3) is 0 Å². The first-order chi connectivity index (χ1) is 8.15. The molecule has 1 amide bonds. The zero-order valence-electron chi connectivity index (χ0n) is 10.2. The summed E-state index contributed by atoms with van der Waals surface area (Å²) in [5, 5.41) is 6.20. The zero-order chi connectivity index (χ0) is 12.3. The number of benzene rings is 1. The van der Waals surface area contributed by atoms with Crippen LogP contribution < -0.4 is 10.6 Å². The first kappa shape index (κ1) is 11.9. The lowest BCUT2D eigenvalue weighted by Gasteiger charge is -2.17. The lowest BCUT2D eigenvalue weighted by atomic mass is 10.1. The first-order valence-corrected chi connectivity index (χ1v) is 5.91. The average molecular weight is 234 g/mol. The van der Waals surface area contributed by atoms with Gasteiger partial charge < -0.3 is 15.4 Å². The molecule has 4 heteroatoms. The molecule has 0 aromatic heterocycles. The average Bonchev–Trinajstić information content (AvgIpc) is 2.64. The van der Waals surface area contributed by atoms with Gasteiger partial charge in [0.15, 0.2) is 0 Å². The van der Waals surface area contributed by atoms with Crippen LogP contribution in [-0.2, 0) is 9.53 Å². The summed E-state index contributed by atoms with van der Waals surface area (Å²) in [6, 6.07) is 8.08. The van der Waals surface area contributed by atoms with Gasteiger partial charge in [-0.25, -0.2) is 0 Å². The van der Waals surface area contributed by atoms with E-state index in [1.807, 2.05) is 24.3 Å². The molecule has 1 saturated heterocycles. The van der Waals surface area contributed by atoms with Gasteiger partial charge >= 0.3 is 0 Å². The molecule has 1 aliphatic heterocycles. The molecule has 1 aliphatic rings. The topological polar surface area (TPSA) is 50.4 Å². The third-order valence-corrected chi connectivity index (χ3v) is 2.91. The predicted octanol–water partition coefficient (Wildman–Crippen LogP) is 2.23. The number of carbonyl (C=O) groups is 1. The van der Waals surface area contributed by atoms with E-state index in [0.29, 0.717) is 6.04 Å². The highest BCUT2D eigenvalue weighted by molar-refractivity contribution is 5.89. The summed E-state index contributed by atoms with van der Waals surface area (Å²) in [6.07, 6.45) is 1.25. The maximum Gasteiger partial charge on any atom is 0.221 e. The fourth-order valence-electron chi connectivity index (χ4n) is 2.03. The van der Waals surface area contributed by atoms with Crippen LogP contribution in [0.4, 0.5) is 11.4 Å². The van der Waals surface area contributed by atoms with Gasteiger partial charge in [-0.3, -0.25) is 4.79 Å². The minimum Gasteiger partial charge on any atom is -0.380 e. The minimum absolute atomic E-state index is 0.0558. The number of rotatable bonds is 3. The second-order valence-corrected chi connectivity index (χ2v) is 4.38. The molecule has 1 aromatic rings. The third kappa shape index (κ3) is 3.20. The number of amides is 1. The van der Waals surface area contributed by atoms with E-state index in [2.05, 4.69) is 17.6 Å². The molecule has 0 saturated carbocycles. The lowest BCUT2D eigenvalue weighted by molar-refractivity contribution is -0.114. The van der Waals surface area contributed by atoms with Crippen LogP contribution >= 0.6 is 0 Å². The number of ether oxygens (including phenoxy) is 1. The summed E-state index contributed by atoms with van der Waals surface area (Å²) < 4.78 is 5.50. The largest absolute Gasteiger partial charge is 0.380 e. The van der Waals surface area contributed by atoms with Gasteiger partial charge in [-0.15, -0.1) is 0 Å². The lowest BCUT2D eigenvalue weighted by Crippen LogP contribution is -2.26. The van der Waals surface area contributed by atoms with Crippen LogP contribution in [0.3, 0.4) is 0 Å². The Hall–Kier alpha value is -1.55. The molecular weight excluding hydrogens is 216 g/mol. The van der Waals surface area contributed by atoms with E-state index in [1.165, 1.54) is 6.92 Å². The van der Waals surface area contributed by atoms with Crippen LogP contribution in [0.25, 0.3) is 0 Å². The van der Waals surface area contributed by atoms with E-state index in [1.54, 1.807) is 0 Å². The van der Waals surface area contributed by atoms with E-state index in [9.17, 15) is 4.79 Å². The van der Waals surface area contributed by atoms with Crippen LogP contribution in [0.1, 0.15) is 20.3 Å². The van der Waals surface area contributed by atoms with Gasteiger partial charge in [-0.1, -0.05) is 6.07 Å². The number of anilines is 2. The Balaban J connectivity index is 2.03. The van der Waals surface area contributed by atoms with E-state index in [-0.39, 0.29) is 12.0 Å². The first-order valence-electron chi connectivity index (χ1n) is 5.91. The molecule has 0 bridgehead atoms. The van der Waals surface area contributed by atoms with Crippen molar-refractivity contribution in [2.24, 2.45) is 0 Å². The van der Waals surface area contributed by atoms with Crippen molar-refractivity contribution in [1.82, 2.24) is 0 Å². The van der Waals surface area contributed by atoms with Gasteiger partial charge in [0, 0.05) is 24.9 Å². The predicted molar refractivity (Wildman–Crippen MR) is 68.2 cm³/mol. The van der Waals surface area contributed by atoms with Crippen molar-refractivity contribution in [3.63, 3.8) is 0 Å². The summed E-state index contributed by atoms with van der Waals surface area (Å²) in [6.45, 7) is 4.39. The third-order valence-electron chi connectivity index (χ3n) is 2.91. The molecule has 1 aromatic carbocycles. The SMILES string of the molecule is CC(=O)Nc1cccc(NC2CCOC2C)c1. The zero-order valence-corrected chi connectivity index (χ0v) is 10.2. The Morgan fingerprint density at radius 2 is 2.18 bits per heavy atom. The van der Waals surface area contributed by atoms with Gasteiger partial charge in [0.2, 0.25) is 5.91 Å². The van der Waals surface area contributed by atoms with Crippen molar-refractivity contribution >= 4 is 17.3 Å². The second-order valence-electron chi connectivity index (χ2n) is 4.38. The van der Waals surface area contributed by atoms with Gasteiger partial charge in [0.1, 0.15) is 0 Å². The van der Waals surface area contributed by atoms with Gasteiger partial charge in [-0.05, 0) is 31.5 Å². The monoisotopic (exact) mass is 234 g/mol. The Labute approximate surface area is 101 Å². The molecule has 4 nitrogen and oxygen atoms in total. The van der Waals surface area contributed by atoms with Crippen molar-refractivity contribution in [3.8, 4) is 0 Å². The molecular formula is C13H18N2O2. The van der Waals surface area contributed by atoms with Crippen LogP contribution in [0.5, 0.6) is 0 Å². The van der Waals surface area contributed by atoms with Crippen molar-refractivity contribution in [3.05, 3.63) is 24.3 Å². The molecule has 0 radical (unpaired) electrons. The van der Waals surface area contributed by atoms with Crippen LogP contribution in [-0.4, -0.2) is 24.7 Å². The molecule has 2 atom stereocenters. The Kier molecular flexibility index (Phi) is 3.64. The molecule has 0 aliphatic carbocycles. The van der Waals surface area contributed by atoms with Crippen molar-refractivity contribution in [1.29, 1.82) is 0 Å². The molecule has 1 heterocycles. The second kappa shape index (κ2) is 5.19. The number of carbonyl (C=O) groups excluding carboxylic acids is 1. The Morgan fingerprint density at radius 1 is 1.41 bits per heavy atom. The van der Waals surface area contributed by atoms with Gasteiger partial charge in [-0.2, -0.15) is 0 Å². The summed E-state index contributed by atoms with van der Waals surface area (Å²) in [5.41, 5.74) is 1.83. The molecule has 17 heavy (non-hydrogen) atoms. The molecule has 2 N–H and O–H groups in total. The van der Waals surface area contributed by atoms with Crippen molar-refractivity contribution in [2.75, 3.05) is 17.2 Å². The maximum absolute atomic E-state index is 11.0. The van der Waals surface area contributed by atoms with Crippen LogP contribution in [0, 0.1) is 0 Å². The molecule has 2 unspecified atom stereocenters. The summed E-state index contributed by atoms with van der Waals surface area (Å²) in [7, 11) is 0. The number of nitrogens with one attached hydrogen (secondary N) is 2. The Morgan fingerprint density at radius 3 is 2.82 bits per heavy atom. The standard InChI is InChI=1S/C13H18N2O2/c1-9-13(6-7-17-9)15-12-5-3-4-11(8-12)14-10(2)16/h3-5,8-9,13,15H,6-7H2,1-2H3,(H,14,16). The number of hydrogen-bond donors (Lipinski definition) is 2. The van der Waals surface area contributed by atoms with E-state index >= 15 is 0 Å². The quantitative estimate of drug-likeness (QED) is 0.843. The van der Waals surface area contributed by atoms with Crippen molar-refractivity contribution < 1.29 is 9.53 Å². The highest BCUT2D eigenvalue weighted by Gasteiger charge is 2.23. The van der Waals surface area contributed by atoms with Crippen LogP contribution in [0.2, 0.25) is 0 Å². The smallest absolute Gasteiger partial charge is 0.221 e. The highest BCUT2D eigenvalue weighted by atomic mass is 16.5. The molecule has 2 rings (SSSR count). The summed E-state index contributed by atoms with van der Waals surface area (Å²) in [4.78, 5) is 11.0. The fourth-order valence-corrected chi connectivity index (χ4v) is 2.03. The highest BCUT2D eigenvalue weighted by Crippen LogP contribution is 2.21. The molecule has 0 spiro atoms. The van der Waals surface area contributed by atoms with Crippen molar-refractivity contribution in [2.45, 2.75) is 32.4 Å². The maximum atomic E-state index is 11.0. The number of hydrogen-bond acceptors (Lipinski definition) is 3. The van der Waals surface area contributed by atoms with E-state index < -0.39 is 0 Å². The van der Waals surface area contributed by atoms with E-state index in [4.69, 9.17) is 4.74 Å². The van der Waals surface area contributed by atoms with E-state index in [0.717, 1.165) is 24.4 Å². The van der Waals surface area contributed by atoms with Crippen LogP contribution in [0.15, 0.2) is 24.3 Å². The Bertz CT molecular complexity index is 406. The summed E-state index contributed by atoms with van der Waals surface area (Å²) in [5.74, 6) is -0.0558. The summed E-state index contributed by atoms with van der Waals surface area (Å²) >= 11 is 0.